The minimum atomic E-state index is -0.868. The molecule has 0 atom stereocenters. The maximum absolute atomic E-state index is 9.84. The predicted molar refractivity (Wildman–Crippen MR) is 43.6 cm³/mol. The normalized spacial score (nSPS) is 8.27. The van der Waals surface area contributed by atoms with Crippen molar-refractivity contribution in [1.82, 2.24) is 5.32 Å². The van der Waals surface area contributed by atoms with Crippen molar-refractivity contribution in [2.75, 3.05) is 19.7 Å². The van der Waals surface area contributed by atoms with Crippen LogP contribution < -0.4 is 5.32 Å². The van der Waals surface area contributed by atoms with Gasteiger partial charge in [-0.15, -0.1) is 0 Å². The summed E-state index contributed by atoms with van der Waals surface area (Å²) in [5.41, 5.74) is 0. The van der Waals surface area contributed by atoms with Crippen molar-refractivity contribution in [3.63, 3.8) is 0 Å². The molecular weight excluding hydrogens is 146 g/mol. The number of carboxylic acid groups (broad SMARTS) is 1. The number of hydrogen-bond donors (Lipinski definition) is 3. The summed E-state index contributed by atoms with van der Waals surface area (Å²) in [7, 11) is 0. The Morgan fingerprint density at radius 3 is 2.36 bits per heavy atom. The van der Waals surface area contributed by atoms with E-state index in [1.54, 1.807) is 0 Å². The SMILES string of the molecule is CC.O=C(O)CNCCCO. The van der Waals surface area contributed by atoms with E-state index < -0.39 is 5.97 Å². The highest BCUT2D eigenvalue weighted by Crippen LogP contribution is 1.70. The molecule has 0 spiro atoms. The molecule has 3 N–H and O–H groups in total. The summed E-state index contributed by atoms with van der Waals surface area (Å²) in [6.07, 6.45) is 0.604. The van der Waals surface area contributed by atoms with E-state index in [0.717, 1.165) is 0 Å². The molecule has 68 valence electrons. The fraction of sp³-hybridized carbons (Fsp3) is 0.857. The van der Waals surface area contributed by atoms with Gasteiger partial charge in [0, 0.05) is 6.61 Å². The van der Waals surface area contributed by atoms with Crippen molar-refractivity contribution < 1.29 is 15.0 Å². The first-order chi connectivity index (χ1) is 5.27. The molecule has 4 nitrogen and oxygen atoms in total. The van der Waals surface area contributed by atoms with Crippen molar-refractivity contribution in [2.24, 2.45) is 0 Å². The van der Waals surface area contributed by atoms with Gasteiger partial charge in [-0.25, -0.2) is 0 Å². The monoisotopic (exact) mass is 163 g/mol. The average molecular weight is 163 g/mol. The van der Waals surface area contributed by atoms with E-state index in [9.17, 15) is 4.79 Å². The van der Waals surface area contributed by atoms with Gasteiger partial charge in [-0.3, -0.25) is 4.79 Å². The zero-order chi connectivity index (χ0) is 9.11. The Labute approximate surface area is 67.2 Å². The van der Waals surface area contributed by atoms with Crippen LogP contribution in [-0.4, -0.2) is 35.9 Å². The third kappa shape index (κ3) is 17.7. The molecule has 0 saturated heterocycles. The van der Waals surface area contributed by atoms with Crippen LogP contribution in [0.4, 0.5) is 0 Å². The van der Waals surface area contributed by atoms with Crippen molar-refractivity contribution in [3.05, 3.63) is 0 Å². The summed E-state index contributed by atoms with van der Waals surface area (Å²) in [5, 5.41) is 19.0. The van der Waals surface area contributed by atoms with Crippen molar-refractivity contribution in [2.45, 2.75) is 20.3 Å². The smallest absolute Gasteiger partial charge is 0.317 e. The van der Waals surface area contributed by atoms with Gasteiger partial charge >= 0.3 is 5.97 Å². The van der Waals surface area contributed by atoms with E-state index in [-0.39, 0.29) is 13.2 Å². The highest BCUT2D eigenvalue weighted by atomic mass is 16.4. The molecular formula is C7H17NO3. The number of carboxylic acids is 1. The summed E-state index contributed by atoms with van der Waals surface area (Å²) in [6.45, 7) is 4.63. The van der Waals surface area contributed by atoms with Gasteiger partial charge in [0.2, 0.25) is 0 Å². The van der Waals surface area contributed by atoms with E-state index in [1.165, 1.54) is 0 Å². The second-order valence-electron chi connectivity index (χ2n) is 1.65. The summed E-state index contributed by atoms with van der Waals surface area (Å²) >= 11 is 0. The molecule has 0 fully saturated rings. The van der Waals surface area contributed by atoms with Crippen LogP contribution in [-0.2, 0) is 4.79 Å². The molecule has 0 aliphatic rings. The third-order valence-electron chi connectivity index (χ3n) is 0.788. The number of rotatable bonds is 5. The van der Waals surface area contributed by atoms with Gasteiger partial charge in [-0.1, -0.05) is 13.8 Å². The molecule has 0 aromatic carbocycles. The Morgan fingerprint density at radius 2 is 2.00 bits per heavy atom. The number of hydrogen-bond acceptors (Lipinski definition) is 3. The maximum Gasteiger partial charge on any atom is 0.317 e. The van der Waals surface area contributed by atoms with E-state index in [2.05, 4.69) is 5.32 Å². The van der Waals surface area contributed by atoms with Crippen LogP contribution in [0.1, 0.15) is 20.3 Å². The lowest BCUT2D eigenvalue weighted by atomic mass is 10.4. The average Bonchev–Trinajstić information content (AvgIpc) is 2.02. The fourth-order valence-corrected chi connectivity index (χ4v) is 0.399. The Balaban J connectivity index is 0. The third-order valence-corrected chi connectivity index (χ3v) is 0.788. The van der Waals surface area contributed by atoms with Gasteiger partial charge in [0.15, 0.2) is 0 Å². The first-order valence-electron chi connectivity index (χ1n) is 3.80. The van der Waals surface area contributed by atoms with Gasteiger partial charge in [-0.05, 0) is 13.0 Å². The second kappa shape index (κ2) is 12.1. The first kappa shape index (κ1) is 13.0. The lowest BCUT2D eigenvalue weighted by Gasteiger charge is -1.96. The molecule has 0 unspecified atom stereocenters. The minimum Gasteiger partial charge on any atom is -0.480 e. The molecule has 0 bridgehead atoms. The lowest BCUT2D eigenvalue weighted by molar-refractivity contribution is -0.135. The summed E-state index contributed by atoms with van der Waals surface area (Å²) in [5.74, 6) is -0.868. The van der Waals surface area contributed by atoms with Gasteiger partial charge in [0.25, 0.3) is 0 Å². The molecule has 0 aliphatic heterocycles. The molecule has 0 aromatic rings. The maximum atomic E-state index is 9.84. The number of aliphatic carboxylic acids is 1. The van der Waals surface area contributed by atoms with E-state index in [1.807, 2.05) is 13.8 Å². The Hall–Kier alpha value is -0.610. The standard InChI is InChI=1S/C5H11NO3.C2H6/c7-3-1-2-6-4-5(8)9;1-2/h6-7H,1-4H2,(H,8,9);1-2H3. The minimum absolute atomic E-state index is 0.0278. The highest BCUT2D eigenvalue weighted by Gasteiger charge is 1.92. The van der Waals surface area contributed by atoms with Gasteiger partial charge in [0.1, 0.15) is 0 Å². The molecule has 11 heavy (non-hydrogen) atoms. The highest BCUT2D eigenvalue weighted by molar-refractivity contribution is 5.68. The van der Waals surface area contributed by atoms with Gasteiger partial charge in [0.05, 0.1) is 6.54 Å². The molecule has 0 radical (unpaired) electrons. The zero-order valence-electron chi connectivity index (χ0n) is 7.13. The lowest BCUT2D eigenvalue weighted by Crippen LogP contribution is -2.23. The van der Waals surface area contributed by atoms with Crippen LogP contribution in [0.25, 0.3) is 0 Å². The van der Waals surface area contributed by atoms with Crippen molar-refractivity contribution in [3.8, 4) is 0 Å². The number of nitrogens with one attached hydrogen (secondary N) is 1. The summed E-state index contributed by atoms with van der Waals surface area (Å²) in [4.78, 5) is 9.84. The van der Waals surface area contributed by atoms with Crippen LogP contribution in [0.2, 0.25) is 0 Å². The van der Waals surface area contributed by atoms with E-state index in [4.69, 9.17) is 10.2 Å². The van der Waals surface area contributed by atoms with E-state index in [0.29, 0.717) is 13.0 Å². The molecule has 0 heterocycles. The van der Waals surface area contributed by atoms with Crippen LogP contribution >= 0.6 is 0 Å². The van der Waals surface area contributed by atoms with Crippen LogP contribution in [0.5, 0.6) is 0 Å². The molecule has 4 heteroatoms. The predicted octanol–water partition coefficient (Wildman–Crippen LogP) is 0.0692. The van der Waals surface area contributed by atoms with Crippen molar-refractivity contribution >= 4 is 5.97 Å². The van der Waals surface area contributed by atoms with Crippen LogP contribution in [0, 0.1) is 0 Å². The van der Waals surface area contributed by atoms with Gasteiger partial charge in [-0.2, -0.15) is 0 Å². The topological polar surface area (TPSA) is 69.6 Å². The summed E-state index contributed by atoms with van der Waals surface area (Å²) < 4.78 is 0. The molecule has 0 aromatic heterocycles. The van der Waals surface area contributed by atoms with Crippen LogP contribution in [0.3, 0.4) is 0 Å². The Kier molecular flexibility index (Phi) is 14.3. The fourth-order valence-electron chi connectivity index (χ4n) is 0.399. The Morgan fingerprint density at radius 1 is 1.45 bits per heavy atom. The number of aliphatic hydroxyl groups is 1. The number of carbonyl (C=O) groups is 1. The molecule has 0 saturated carbocycles. The first-order valence-corrected chi connectivity index (χ1v) is 3.80. The largest absolute Gasteiger partial charge is 0.480 e. The summed E-state index contributed by atoms with van der Waals surface area (Å²) in [6, 6.07) is 0. The Bertz CT molecular complexity index is 85.8. The molecule has 0 aliphatic carbocycles. The van der Waals surface area contributed by atoms with Gasteiger partial charge < -0.3 is 15.5 Å². The van der Waals surface area contributed by atoms with E-state index >= 15 is 0 Å². The van der Waals surface area contributed by atoms with Crippen molar-refractivity contribution in [1.29, 1.82) is 0 Å². The quantitative estimate of drug-likeness (QED) is 0.502. The molecule has 0 rings (SSSR count). The zero-order valence-corrected chi connectivity index (χ0v) is 7.13. The number of aliphatic hydroxyl groups excluding tert-OH is 1. The second-order valence-corrected chi connectivity index (χ2v) is 1.65. The van der Waals surface area contributed by atoms with Crippen LogP contribution in [0.15, 0.2) is 0 Å². The molecule has 0 amide bonds.